The number of H-pyrrole nitrogens is 2. The number of para-hydroxylation sites is 2. The molecule has 0 aliphatic heterocycles. The fourth-order valence-corrected chi connectivity index (χ4v) is 2.58. The first-order valence-corrected chi connectivity index (χ1v) is 7.94. The van der Waals surface area contributed by atoms with Gasteiger partial charge in [0.1, 0.15) is 22.2 Å². The van der Waals surface area contributed by atoms with Crippen molar-refractivity contribution < 1.29 is 9.47 Å². The highest BCUT2D eigenvalue weighted by Gasteiger charge is 2.02. The van der Waals surface area contributed by atoms with Gasteiger partial charge in [0.05, 0.1) is 14.2 Å². The maximum atomic E-state index is 12.4. The van der Waals surface area contributed by atoms with E-state index in [9.17, 15) is 9.59 Å². The summed E-state index contributed by atoms with van der Waals surface area (Å²) < 4.78 is 10.5. The van der Waals surface area contributed by atoms with Crippen LogP contribution >= 0.6 is 0 Å². The van der Waals surface area contributed by atoms with E-state index >= 15 is 0 Å². The van der Waals surface area contributed by atoms with Gasteiger partial charge in [0.2, 0.25) is 0 Å². The zero-order valence-corrected chi connectivity index (χ0v) is 14.4. The standard InChI is InChI=1S/C20H18N2O4/c1-25-17-9-5-3-7-13(17)11-15-19(23)22-16(20(24)21-15)12-14-8-4-6-10-18(14)26-2/h3-12H,1-2H3,(H,21,24)(H,22,23)/b15-11-,16-12-. The van der Waals surface area contributed by atoms with Crippen molar-refractivity contribution in [1.82, 2.24) is 9.97 Å². The number of hydrogen-bond donors (Lipinski definition) is 2. The lowest BCUT2D eigenvalue weighted by atomic mass is 10.2. The second-order valence-electron chi connectivity index (χ2n) is 5.51. The number of ether oxygens (including phenoxy) is 2. The Balaban J connectivity index is 2.16. The molecule has 2 N–H and O–H groups in total. The highest BCUT2D eigenvalue weighted by Crippen LogP contribution is 2.17. The molecule has 0 bridgehead atoms. The van der Waals surface area contributed by atoms with Crippen LogP contribution in [0.2, 0.25) is 0 Å². The summed E-state index contributed by atoms with van der Waals surface area (Å²) in [5.41, 5.74) is 0.573. The molecule has 1 heterocycles. The van der Waals surface area contributed by atoms with E-state index in [0.717, 1.165) is 0 Å². The predicted molar refractivity (Wildman–Crippen MR) is 100 cm³/mol. The molecule has 3 rings (SSSR count). The summed E-state index contributed by atoms with van der Waals surface area (Å²) in [4.78, 5) is 30.0. The molecule has 0 saturated carbocycles. The van der Waals surface area contributed by atoms with Crippen molar-refractivity contribution in [2.75, 3.05) is 14.2 Å². The van der Waals surface area contributed by atoms with Crippen molar-refractivity contribution in [2.45, 2.75) is 0 Å². The summed E-state index contributed by atoms with van der Waals surface area (Å²) in [7, 11) is 3.09. The monoisotopic (exact) mass is 350 g/mol. The zero-order valence-electron chi connectivity index (χ0n) is 14.4. The molecule has 0 atom stereocenters. The molecule has 0 radical (unpaired) electrons. The zero-order chi connectivity index (χ0) is 18.5. The van der Waals surface area contributed by atoms with Crippen LogP contribution in [-0.2, 0) is 0 Å². The largest absolute Gasteiger partial charge is 0.496 e. The fraction of sp³-hybridized carbons (Fsp3) is 0.100. The molecule has 26 heavy (non-hydrogen) atoms. The Labute approximate surface area is 149 Å². The minimum Gasteiger partial charge on any atom is -0.496 e. The van der Waals surface area contributed by atoms with Gasteiger partial charge in [0.25, 0.3) is 11.1 Å². The summed E-state index contributed by atoms with van der Waals surface area (Å²) >= 11 is 0. The minimum atomic E-state index is -0.406. The molecule has 0 aliphatic carbocycles. The molecule has 0 unspecified atom stereocenters. The van der Waals surface area contributed by atoms with Crippen LogP contribution < -0.4 is 31.3 Å². The molecule has 0 amide bonds. The molecule has 3 aromatic rings. The molecule has 6 heteroatoms. The molecular weight excluding hydrogens is 332 g/mol. The average Bonchev–Trinajstić information content (AvgIpc) is 2.66. The molecule has 0 aliphatic rings. The number of nitrogens with one attached hydrogen (secondary N) is 2. The van der Waals surface area contributed by atoms with E-state index in [1.165, 1.54) is 0 Å². The van der Waals surface area contributed by atoms with Gasteiger partial charge in [-0.1, -0.05) is 36.4 Å². The maximum Gasteiger partial charge on any atom is 0.272 e. The van der Waals surface area contributed by atoms with Crippen LogP contribution in [0, 0.1) is 0 Å². The van der Waals surface area contributed by atoms with Gasteiger partial charge < -0.3 is 19.4 Å². The molecule has 0 saturated heterocycles. The summed E-state index contributed by atoms with van der Waals surface area (Å²) in [5.74, 6) is 1.22. The van der Waals surface area contributed by atoms with E-state index in [1.807, 2.05) is 24.3 Å². The van der Waals surface area contributed by atoms with E-state index < -0.39 is 11.1 Å². The van der Waals surface area contributed by atoms with Gasteiger partial charge in [0, 0.05) is 11.1 Å². The van der Waals surface area contributed by atoms with Gasteiger partial charge in [-0.15, -0.1) is 0 Å². The molecule has 0 fully saturated rings. The van der Waals surface area contributed by atoms with Crippen LogP contribution in [0.1, 0.15) is 11.1 Å². The first kappa shape index (κ1) is 17.3. The number of hydrogen-bond acceptors (Lipinski definition) is 4. The van der Waals surface area contributed by atoms with Crippen molar-refractivity contribution in [2.24, 2.45) is 0 Å². The Bertz CT molecular complexity index is 1070. The van der Waals surface area contributed by atoms with Crippen molar-refractivity contribution in [3.05, 3.63) is 91.1 Å². The SMILES string of the molecule is COc1ccccc1/C=c1\[nH]c(=O)/c(=C/c2ccccc2OC)[nH]c1=O. The Kier molecular flexibility index (Phi) is 5.03. The van der Waals surface area contributed by atoms with E-state index in [4.69, 9.17) is 9.47 Å². The third-order valence-corrected chi connectivity index (χ3v) is 3.86. The smallest absolute Gasteiger partial charge is 0.272 e. The lowest BCUT2D eigenvalue weighted by molar-refractivity contribution is 0.413. The van der Waals surface area contributed by atoms with Crippen LogP contribution in [0.5, 0.6) is 11.5 Å². The van der Waals surface area contributed by atoms with E-state index in [2.05, 4.69) is 9.97 Å². The normalized spacial score (nSPS) is 12.2. The fourth-order valence-electron chi connectivity index (χ4n) is 2.58. The van der Waals surface area contributed by atoms with Gasteiger partial charge in [-0.25, -0.2) is 0 Å². The van der Waals surface area contributed by atoms with Crippen LogP contribution in [0.15, 0.2) is 58.1 Å². The summed E-state index contributed by atoms with van der Waals surface area (Å²) in [6.45, 7) is 0. The van der Waals surface area contributed by atoms with Crippen LogP contribution in [0.3, 0.4) is 0 Å². The second kappa shape index (κ2) is 7.57. The quantitative estimate of drug-likeness (QED) is 0.727. The van der Waals surface area contributed by atoms with Crippen molar-refractivity contribution in [3.63, 3.8) is 0 Å². The Morgan fingerprint density at radius 3 is 1.46 bits per heavy atom. The van der Waals surface area contributed by atoms with E-state index in [1.54, 1.807) is 50.6 Å². The Morgan fingerprint density at radius 2 is 1.08 bits per heavy atom. The topological polar surface area (TPSA) is 84.2 Å². The van der Waals surface area contributed by atoms with Gasteiger partial charge in [0.15, 0.2) is 0 Å². The molecule has 0 spiro atoms. The predicted octanol–water partition coefficient (Wildman–Crippen LogP) is 0.738. The highest BCUT2D eigenvalue weighted by molar-refractivity contribution is 5.57. The maximum absolute atomic E-state index is 12.4. The lowest BCUT2D eigenvalue weighted by Gasteiger charge is -2.03. The van der Waals surface area contributed by atoms with Gasteiger partial charge >= 0.3 is 0 Å². The van der Waals surface area contributed by atoms with Crippen molar-refractivity contribution in [3.8, 4) is 11.5 Å². The van der Waals surface area contributed by atoms with Gasteiger partial charge in [-0.2, -0.15) is 0 Å². The third-order valence-electron chi connectivity index (χ3n) is 3.86. The first-order valence-electron chi connectivity index (χ1n) is 7.94. The van der Waals surface area contributed by atoms with Crippen molar-refractivity contribution in [1.29, 1.82) is 0 Å². The molecular formula is C20H18N2O4. The number of benzene rings is 2. The van der Waals surface area contributed by atoms with Crippen LogP contribution in [0.25, 0.3) is 12.2 Å². The Morgan fingerprint density at radius 1 is 0.692 bits per heavy atom. The first-order chi connectivity index (χ1) is 12.6. The number of aromatic nitrogens is 2. The van der Waals surface area contributed by atoms with Crippen LogP contribution in [0.4, 0.5) is 0 Å². The summed E-state index contributed by atoms with van der Waals surface area (Å²) in [5, 5.41) is 0.299. The van der Waals surface area contributed by atoms with Gasteiger partial charge in [-0.05, 0) is 24.3 Å². The minimum absolute atomic E-state index is 0.150. The number of rotatable bonds is 4. The number of aromatic amines is 2. The van der Waals surface area contributed by atoms with E-state index in [0.29, 0.717) is 22.6 Å². The van der Waals surface area contributed by atoms with Crippen LogP contribution in [-0.4, -0.2) is 24.2 Å². The Hall–Kier alpha value is -3.54. The summed E-state index contributed by atoms with van der Waals surface area (Å²) in [6.07, 6.45) is 3.15. The van der Waals surface area contributed by atoms with E-state index in [-0.39, 0.29) is 10.7 Å². The molecule has 1 aromatic heterocycles. The average molecular weight is 350 g/mol. The molecule has 2 aromatic carbocycles. The van der Waals surface area contributed by atoms with Gasteiger partial charge in [-0.3, -0.25) is 9.59 Å². The summed E-state index contributed by atoms with van der Waals surface area (Å²) in [6, 6.07) is 14.5. The molecule has 6 nitrogen and oxygen atoms in total. The number of methoxy groups -OCH3 is 2. The second-order valence-corrected chi connectivity index (χ2v) is 5.51. The highest BCUT2D eigenvalue weighted by atomic mass is 16.5. The lowest BCUT2D eigenvalue weighted by Crippen LogP contribution is -2.46. The van der Waals surface area contributed by atoms with Crippen molar-refractivity contribution >= 4 is 12.2 Å². The molecule has 132 valence electrons. The third kappa shape index (κ3) is 3.59.